The highest BCUT2D eigenvalue weighted by Crippen LogP contribution is 2.32. The molecule has 0 saturated carbocycles. The molecule has 2 heterocycles. The summed E-state index contributed by atoms with van der Waals surface area (Å²) in [4.78, 5) is 27.7. The van der Waals surface area contributed by atoms with Gasteiger partial charge in [-0.1, -0.05) is 0 Å². The zero-order chi connectivity index (χ0) is 17.5. The van der Waals surface area contributed by atoms with Crippen molar-refractivity contribution >= 4 is 28.8 Å². The Morgan fingerprint density at radius 3 is 2.75 bits per heavy atom. The van der Waals surface area contributed by atoms with E-state index in [4.69, 9.17) is 5.11 Å². The molecule has 3 rings (SSSR count). The third-order valence-electron chi connectivity index (χ3n) is 3.71. The number of carbonyl (C=O) groups excluding carboxylic acids is 1. The minimum absolute atomic E-state index is 0.0371. The van der Waals surface area contributed by atoms with Crippen molar-refractivity contribution < 1.29 is 32.3 Å². The van der Waals surface area contributed by atoms with Gasteiger partial charge in [-0.3, -0.25) is 4.79 Å². The smallest absolute Gasteiger partial charge is 0.468 e. The summed E-state index contributed by atoms with van der Waals surface area (Å²) in [5.74, 6) is -2.93. The Bertz CT molecular complexity index is 802. The number of aliphatic carboxylic acids is 1. The molecule has 1 aromatic carbocycles. The molecule has 2 aromatic rings. The normalized spacial score (nSPS) is 18.1. The Balaban J connectivity index is 1.73. The number of rotatable bonds is 2. The van der Waals surface area contributed by atoms with Crippen LogP contribution in [0.3, 0.4) is 0 Å². The largest absolute Gasteiger partial charge is 0.481 e. The van der Waals surface area contributed by atoms with Crippen LogP contribution in [-0.4, -0.2) is 40.1 Å². The second-order valence-electron chi connectivity index (χ2n) is 5.40. The van der Waals surface area contributed by atoms with Gasteiger partial charge < -0.3 is 19.7 Å². The quantitative estimate of drug-likeness (QED) is 0.874. The number of oxazole rings is 1. The minimum atomic E-state index is -4.69. The number of benzene rings is 1. The molecule has 1 saturated heterocycles. The molecule has 1 atom stereocenters. The first-order valence-electron chi connectivity index (χ1n) is 7.00. The molecule has 128 valence electrons. The molecular formula is C14H12F3N3O4. The number of urea groups is 1. The van der Waals surface area contributed by atoms with E-state index in [1.54, 1.807) is 0 Å². The summed E-state index contributed by atoms with van der Waals surface area (Å²) in [7, 11) is 0. The second-order valence-corrected chi connectivity index (χ2v) is 5.40. The maximum absolute atomic E-state index is 12.6. The predicted octanol–water partition coefficient (Wildman–Crippen LogP) is 2.79. The number of anilines is 1. The summed E-state index contributed by atoms with van der Waals surface area (Å²) in [6.45, 7) is 0.388. The number of carbonyl (C=O) groups is 2. The fourth-order valence-electron chi connectivity index (χ4n) is 2.48. The number of nitrogens with zero attached hydrogens (tertiary/aromatic N) is 2. The fourth-order valence-corrected chi connectivity index (χ4v) is 2.48. The van der Waals surface area contributed by atoms with Gasteiger partial charge in [-0.05, 0) is 24.6 Å². The summed E-state index contributed by atoms with van der Waals surface area (Å²) in [6.07, 6.45) is -4.33. The second kappa shape index (κ2) is 5.69. The van der Waals surface area contributed by atoms with E-state index >= 15 is 0 Å². The summed E-state index contributed by atoms with van der Waals surface area (Å²) in [6, 6.07) is 3.40. The number of carboxylic acid groups (broad SMARTS) is 1. The lowest BCUT2D eigenvalue weighted by molar-refractivity contribution is -0.156. The Morgan fingerprint density at radius 2 is 2.12 bits per heavy atom. The van der Waals surface area contributed by atoms with Crippen LogP contribution in [-0.2, 0) is 11.0 Å². The first kappa shape index (κ1) is 16.1. The van der Waals surface area contributed by atoms with Gasteiger partial charge in [0.1, 0.15) is 5.52 Å². The van der Waals surface area contributed by atoms with E-state index in [1.165, 1.54) is 23.1 Å². The number of alkyl halides is 3. The van der Waals surface area contributed by atoms with Crippen LogP contribution in [0.2, 0.25) is 0 Å². The molecule has 0 aliphatic carbocycles. The SMILES string of the molecule is O=C(O)C1CCN(C(=O)Nc2ccc3oc(C(F)(F)F)nc3c2)C1. The van der Waals surface area contributed by atoms with Crippen molar-refractivity contribution in [2.45, 2.75) is 12.6 Å². The van der Waals surface area contributed by atoms with E-state index in [0.717, 1.165) is 0 Å². The number of fused-ring (bicyclic) bond motifs is 1. The summed E-state index contributed by atoms with van der Waals surface area (Å²) < 4.78 is 42.3. The lowest BCUT2D eigenvalue weighted by atomic mass is 10.1. The lowest BCUT2D eigenvalue weighted by Crippen LogP contribution is -2.33. The van der Waals surface area contributed by atoms with Gasteiger partial charge in [-0.2, -0.15) is 13.2 Å². The zero-order valence-corrected chi connectivity index (χ0v) is 12.1. The van der Waals surface area contributed by atoms with E-state index < -0.39 is 30.0 Å². The molecule has 1 unspecified atom stereocenters. The van der Waals surface area contributed by atoms with Gasteiger partial charge >= 0.3 is 24.1 Å². The lowest BCUT2D eigenvalue weighted by Gasteiger charge is -2.16. The number of likely N-dealkylation sites (tertiary alicyclic amines) is 1. The van der Waals surface area contributed by atoms with Crippen LogP contribution in [0.4, 0.5) is 23.7 Å². The van der Waals surface area contributed by atoms with Gasteiger partial charge in [0.15, 0.2) is 5.58 Å². The molecule has 10 heteroatoms. The van der Waals surface area contributed by atoms with E-state index in [2.05, 4.69) is 14.7 Å². The van der Waals surface area contributed by atoms with Crippen LogP contribution in [0.5, 0.6) is 0 Å². The van der Waals surface area contributed by atoms with Crippen molar-refractivity contribution in [2.24, 2.45) is 5.92 Å². The topological polar surface area (TPSA) is 95.7 Å². The van der Waals surface area contributed by atoms with E-state index in [1.807, 2.05) is 0 Å². The maximum atomic E-state index is 12.6. The standard InChI is InChI=1S/C14H12F3N3O4/c15-14(16,17)12-19-9-5-8(1-2-10(9)24-12)18-13(23)20-4-3-7(6-20)11(21)22/h1-2,5,7H,3-4,6H2,(H,18,23)(H,21,22). The van der Waals surface area contributed by atoms with Crippen LogP contribution in [0.1, 0.15) is 12.3 Å². The number of aromatic nitrogens is 1. The zero-order valence-electron chi connectivity index (χ0n) is 12.1. The Labute approximate surface area is 133 Å². The van der Waals surface area contributed by atoms with Crippen molar-refractivity contribution in [3.05, 3.63) is 24.1 Å². The molecule has 1 aliphatic rings. The average Bonchev–Trinajstić information content (AvgIpc) is 3.13. The monoisotopic (exact) mass is 343 g/mol. The van der Waals surface area contributed by atoms with Gasteiger partial charge in [0.05, 0.1) is 5.92 Å². The van der Waals surface area contributed by atoms with E-state index in [-0.39, 0.29) is 23.3 Å². The molecule has 7 nitrogen and oxygen atoms in total. The van der Waals surface area contributed by atoms with Crippen LogP contribution >= 0.6 is 0 Å². The van der Waals surface area contributed by atoms with Gasteiger partial charge in [-0.15, -0.1) is 0 Å². The van der Waals surface area contributed by atoms with Crippen molar-refractivity contribution in [1.29, 1.82) is 0 Å². The van der Waals surface area contributed by atoms with Crippen LogP contribution in [0.25, 0.3) is 11.1 Å². The van der Waals surface area contributed by atoms with Crippen LogP contribution in [0, 0.1) is 5.92 Å². The van der Waals surface area contributed by atoms with Gasteiger partial charge in [0.25, 0.3) is 0 Å². The molecule has 1 fully saturated rings. The molecule has 24 heavy (non-hydrogen) atoms. The van der Waals surface area contributed by atoms with E-state index in [9.17, 15) is 22.8 Å². The molecule has 1 aromatic heterocycles. The summed E-state index contributed by atoms with van der Waals surface area (Å²) in [5, 5.41) is 11.4. The highest BCUT2D eigenvalue weighted by Gasteiger charge is 2.37. The van der Waals surface area contributed by atoms with Crippen molar-refractivity contribution in [2.75, 3.05) is 18.4 Å². The first-order chi connectivity index (χ1) is 11.2. The number of amides is 2. The number of carboxylic acids is 1. The minimum Gasteiger partial charge on any atom is -0.481 e. The Kier molecular flexibility index (Phi) is 3.82. The Morgan fingerprint density at radius 1 is 1.38 bits per heavy atom. The molecule has 0 spiro atoms. The number of hydrogen-bond donors (Lipinski definition) is 2. The third-order valence-corrected chi connectivity index (χ3v) is 3.71. The highest BCUT2D eigenvalue weighted by atomic mass is 19.4. The van der Waals surface area contributed by atoms with Crippen molar-refractivity contribution in [3.63, 3.8) is 0 Å². The highest BCUT2D eigenvalue weighted by molar-refractivity contribution is 5.92. The first-order valence-corrected chi connectivity index (χ1v) is 7.00. The van der Waals surface area contributed by atoms with Gasteiger partial charge in [-0.25, -0.2) is 9.78 Å². The van der Waals surface area contributed by atoms with Gasteiger partial charge in [0, 0.05) is 18.8 Å². The summed E-state index contributed by atoms with van der Waals surface area (Å²) >= 11 is 0. The van der Waals surface area contributed by atoms with E-state index in [0.29, 0.717) is 13.0 Å². The predicted molar refractivity (Wildman–Crippen MR) is 75.3 cm³/mol. The number of halogens is 3. The molecule has 1 aliphatic heterocycles. The average molecular weight is 343 g/mol. The fraction of sp³-hybridized carbons (Fsp3) is 0.357. The van der Waals surface area contributed by atoms with Crippen molar-refractivity contribution in [3.8, 4) is 0 Å². The Hall–Kier alpha value is -2.78. The molecule has 0 bridgehead atoms. The van der Waals surface area contributed by atoms with Crippen LogP contribution in [0.15, 0.2) is 22.6 Å². The van der Waals surface area contributed by atoms with Crippen LogP contribution < -0.4 is 5.32 Å². The summed E-state index contributed by atoms with van der Waals surface area (Å²) in [5.41, 5.74) is 0.158. The maximum Gasteiger partial charge on any atom is 0.468 e. The number of nitrogens with one attached hydrogen (secondary N) is 1. The van der Waals surface area contributed by atoms with Gasteiger partial charge in [0.2, 0.25) is 0 Å². The number of hydrogen-bond acceptors (Lipinski definition) is 4. The molecule has 2 N–H and O–H groups in total. The molecule has 2 amide bonds. The molecule has 0 radical (unpaired) electrons. The molecular weight excluding hydrogens is 331 g/mol. The third kappa shape index (κ3) is 3.12. The van der Waals surface area contributed by atoms with Crippen molar-refractivity contribution in [1.82, 2.24) is 9.88 Å².